The second-order valence-electron chi connectivity index (χ2n) is 9.06. The molecular weight excluding hydrogens is 392 g/mol. The molecule has 1 fully saturated rings. The summed E-state index contributed by atoms with van der Waals surface area (Å²) in [6.07, 6.45) is 3.86. The van der Waals surface area contributed by atoms with Gasteiger partial charge in [0, 0.05) is 23.2 Å². The molecule has 3 aromatic rings. The van der Waals surface area contributed by atoms with Crippen LogP contribution in [0.1, 0.15) is 47.9 Å². The number of carbonyl (C=O) groups excluding carboxylic acids is 1. The van der Waals surface area contributed by atoms with Gasteiger partial charge in [-0.3, -0.25) is 4.79 Å². The standard InChI is InChI=1S/C24H26N4O3/c1-24(2,13-29)26-23(30)21-19-11-16-10-18(16)22(19)28(27-21)20-9-6-15(12-25-20)14-4-7-17(31-3)8-5-14/h4-9,12,16,18,29H,10-11,13H2,1-3H3,(H,26,30)/t16-,18-/m0/s1. The zero-order chi connectivity index (χ0) is 21.8. The van der Waals surface area contributed by atoms with Gasteiger partial charge >= 0.3 is 0 Å². The molecule has 2 aromatic heterocycles. The van der Waals surface area contributed by atoms with E-state index >= 15 is 0 Å². The smallest absolute Gasteiger partial charge is 0.272 e. The number of aromatic nitrogens is 3. The third kappa shape index (κ3) is 3.49. The van der Waals surface area contributed by atoms with Crippen LogP contribution in [0.2, 0.25) is 0 Å². The first-order valence-electron chi connectivity index (χ1n) is 10.6. The topological polar surface area (TPSA) is 89.3 Å². The van der Waals surface area contributed by atoms with Gasteiger partial charge in [-0.15, -0.1) is 0 Å². The van der Waals surface area contributed by atoms with Crippen LogP contribution in [0, 0.1) is 5.92 Å². The molecule has 0 bridgehead atoms. The zero-order valence-electron chi connectivity index (χ0n) is 17.9. The quantitative estimate of drug-likeness (QED) is 0.642. The molecule has 1 aromatic carbocycles. The van der Waals surface area contributed by atoms with Gasteiger partial charge in [-0.2, -0.15) is 5.10 Å². The summed E-state index contributed by atoms with van der Waals surface area (Å²) >= 11 is 0. The molecule has 2 atom stereocenters. The summed E-state index contributed by atoms with van der Waals surface area (Å²) in [6.45, 7) is 3.44. The summed E-state index contributed by atoms with van der Waals surface area (Å²) in [5.74, 6) is 2.34. The third-order valence-electron chi connectivity index (χ3n) is 6.21. The second kappa shape index (κ2) is 7.20. The van der Waals surface area contributed by atoms with E-state index in [2.05, 4.69) is 15.4 Å². The second-order valence-corrected chi connectivity index (χ2v) is 9.06. The summed E-state index contributed by atoms with van der Waals surface area (Å²) in [6, 6.07) is 11.8. The van der Waals surface area contributed by atoms with E-state index in [4.69, 9.17) is 4.74 Å². The SMILES string of the molecule is COc1ccc(-c2ccc(-n3nc(C(=O)NC(C)(C)CO)c4c3[C@H]3C[C@H]3C4)nc2)cc1. The van der Waals surface area contributed by atoms with Crippen LogP contribution < -0.4 is 10.1 Å². The van der Waals surface area contributed by atoms with Gasteiger partial charge in [0.1, 0.15) is 5.75 Å². The Morgan fingerprint density at radius 1 is 1.23 bits per heavy atom. The largest absolute Gasteiger partial charge is 0.497 e. The first-order valence-corrected chi connectivity index (χ1v) is 10.6. The first kappa shape index (κ1) is 19.8. The number of methoxy groups -OCH3 is 1. The lowest BCUT2D eigenvalue weighted by molar-refractivity contribution is 0.0863. The maximum atomic E-state index is 12.9. The average Bonchev–Trinajstić information content (AvgIpc) is 3.28. The van der Waals surface area contributed by atoms with Gasteiger partial charge in [-0.05, 0) is 62.4 Å². The molecular formula is C24H26N4O3. The van der Waals surface area contributed by atoms with E-state index in [1.807, 2.05) is 47.3 Å². The molecule has 160 valence electrons. The fourth-order valence-electron chi connectivity index (χ4n) is 4.34. The van der Waals surface area contributed by atoms with Crippen LogP contribution in [0.15, 0.2) is 42.6 Å². The highest BCUT2D eigenvalue weighted by molar-refractivity contribution is 5.95. The molecule has 1 saturated carbocycles. The van der Waals surface area contributed by atoms with E-state index < -0.39 is 5.54 Å². The fourth-order valence-corrected chi connectivity index (χ4v) is 4.34. The molecule has 2 N–H and O–H groups in total. The van der Waals surface area contributed by atoms with E-state index in [-0.39, 0.29) is 12.5 Å². The van der Waals surface area contributed by atoms with Gasteiger partial charge < -0.3 is 15.2 Å². The number of hydrogen-bond acceptors (Lipinski definition) is 5. The van der Waals surface area contributed by atoms with Gasteiger partial charge in [-0.1, -0.05) is 12.1 Å². The number of hydrogen-bond donors (Lipinski definition) is 2. The van der Waals surface area contributed by atoms with Gasteiger partial charge in [-0.25, -0.2) is 9.67 Å². The number of nitrogens with zero attached hydrogens (tertiary/aromatic N) is 3. The minimum absolute atomic E-state index is 0.138. The van der Waals surface area contributed by atoms with Crippen LogP contribution in [0.5, 0.6) is 5.75 Å². The van der Waals surface area contributed by atoms with Crippen LogP contribution in [0.3, 0.4) is 0 Å². The Labute approximate surface area is 181 Å². The van der Waals surface area contributed by atoms with Crippen molar-refractivity contribution in [2.24, 2.45) is 5.92 Å². The summed E-state index contributed by atoms with van der Waals surface area (Å²) in [4.78, 5) is 17.6. The molecule has 1 amide bonds. The first-order chi connectivity index (χ1) is 14.9. The van der Waals surface area contributed by atoms with Gasteiger partial charge in [0.05, 0.1) is 24.9 Å². The van der Waals surface area contributed by atoms with E-state index in [0.717, 1.165) is 41.0 Å². The molecule has 2 aliphatic rings. The Bertz CT molecular complexity index is 1130. The number of carbonyl (C=O) groups is 1. The number of pyridine rings is 1. The third-order valence-corrected chi connectivity index (χ3v) is 6.21. The van der Waals surface area contributed by atoms with Crippen LogP contribution in [-0.2, 0) is 6.42 Å². The molecule has 5 rings (SSSR count). The maximum absolute atomic E-state index is 12.9. The van der Waals surface area contributed by atoms with Gasteiger partial charge in [0.2, 0.25) is 0 Å². The summed E-state index contributed by atoms with van der Waals surface area (Å²) in [7, 11) is 1.65. The predicted molar refractivity (Wildman–Crippen MR) is 117 cm³/mol. The minimum Gasteiger partial charge on any atom is -0.497 e. The summed E-state index contributed by atoms with van der Waals surface area (Å²) in [5, 5.41) is 17.1. The van der Waals surface area contributed by atoms with Crippen LogP contribution in [-0.4, -0.2) is 45.0 Å². The van der Waals surface area contributed by atoms with Crippen molar-refractivity contribution >= 4 is 5.91 Å². The number of aliphatic hydroxyl groups is 1. The van der Waals surface area contributed by atoms with Crippen molar-refractivity contribution in [3.8, 4) is 22.7 Å². The Balaban J connectivity index is 1.47. The Morgan fingerprint density at radius 2 is 1.97 bits per heavy atom. The molecule has 2 aliphatic carbocycles. The van der Waals surface area contributed by atoms with Crippen molar-refractivity contribution in [1.82, 2.24) is 20.1 Å². The van der Waals surface area contributed by atoms with E-state index in [0.29, 0.717) is 23.3 Å². The number of aliphatic hydroxyl groups excluding tert-OH is 1. The van der Waals surface area contributed by atoms with Crippen molar-refractivity contribution in [2.45, 2.75) is 38.1 Å². The molecule has 0 aliphatic heterocycles. The fraction of sp³-hybridized carbons (Fsp3) is 0.375. The van der Waals surface area contributed by atoms with E-state index in [1.54, 1.807) is 21.0 Å². The summed E-state index contributed by atoms with van der Waals surface area (Å²) < 4.78 is 7.06. The number of benzene rings is 1. The van der Waals surface area contributed by atoms with E-state index in [9.17, 15) is 9.90 Å². The molecule has 2 heterocycles. The number of nitrogens with one attached hydrogen (secondary N) is 1. The van der Waals surface area contributed by atoms with Crippen molar-refractivity contribution in [2.75, 3.05) is 13.7 Å². The highest BCUT2D eigenvalue weighted by Crippen LogP contribution is 2.57. The molecule has 0 unspecified atom stereocenters. The van der Waals surface area contributed by atoms with Gasteiger partial charge in [0.25, 0.3) is 5.91 Å². The number of rotatable bonds is 6. The van der Waals surface area contributed by atoms with E-state index in [1.165, 1.54) is 0 Å². The molecule has 0 spiro atoms. The zero-order valence-corrected chi connectivity index (χ0v) is 17.9. The molecule has 0 radical (unpaired) electrons. The lowest BCUT2D eigenvalue weighted by Gasteiger charge is -2.23. The monoisotopic (exact) mass is 418 g/mol. The predicted octanol–water partition coefficient (Wildman–Crippen LogP) is 3.10. The maximum Gasteiger partial charge on any atom is 0.272 e. The minimum atomic E-state index is -0.701. The van der Waals surface area contributed by atoms with Gasteiger partial charge in [0.15, 0.2) is 11.5 Å². The number of fused-ring (bicyclic) bond motifs is 3. The Hall–Kier alpha value is -3.19. The van der Waals surface area contributed by atoms with Crippen molar-refractivity contribution in [3.05, 3.63) is 59.5 Å². The van der Waals surface area contributed by atoms with Crippen LogP contribution in [0.4, 0.5) is 0 Å². The molecule has 7 heteroatoms. The van der Waals surface area contributed by atoms with Crippen LogP contribution in [0.25, 0.3) is 16.9 Å². The van der Waals surface area contributed by atoms with Crippen molar-refractivity contribution in [3.63, 3.8) is 0 Å². The molecule has 7 nitrogen and oxygen atoms in total. The van der Waals surface area contributed by atoms with Crippen molar-refractivity contribution in [1.29, 1.82) is 0 Å². The average molecular weight is 418 g/mol. The molecule has 31 heavy (non-hydrogen) atoms. The highest BCUT2D eigenvalue weighted by atomic mass is 16.5. The summed E-state index contributed by atoms with van der Waals surface area (Å²) in [5.41, 5.74) is 3.94. The highest BCUT2D eigenvalue weighted by Gasteiger charge is 2.50. The lowest BCUT2D eigenvalue weighted by atomic mass is 10.1. The number of amides is 1. The van der Waals surface area contributed by atoms with Crippen molar-refractivity contribution < 1.29 is 14.6 Å². The number of ether oxygens (including phenoxy) is 1. The normalized spacial score (nSPS) is 19.0. The molecule has 0 saturated heterocycles. The van der Waals surface area contributed by atoms with Crippen LogP contribution >= 0.6 is 0 Å². The Morgan fingerprint density at radius 3 is 2.61 bits per heavy atom. The lowest BCUT2D eigenvalue weighted by Crippen LogP contribution is -2.46. The Kier molecular flexibility index (Phi) is 4.59.